The summed E-state index contributed by atoms with van der Waals surface area (Å²) in [5.74, 6) is -0.113. The van der Waals surface area contributed by atoms with Crippen molar-refractivity contribution in [1.82, 2.24) is 0 Å². The molecule has 0 radical (unpaired) electrons. The quantitative estimate of drug-likeness (QED) is 0.819. The minimum atomic E-state index is -0.527. The summed E-state index contributed by atoms with van der Waals surface area (Å²) in [5, 5.41) is 0. The molecule has 0 saturated heterocycles. The van der Waals surface area contributed by atoms with Gasteiger partial charge in [-0.25, -0.2) is 0 Å². The number of carbonyl (C=O) groups excluding carboxylic acids is 1. The molecule has 0 saturated carbocycles. The van der Waals surface area contributed by atoms with Gasteiger partial charge in [-0.2, -0.15) is 0 Å². The van der Waals surface area contributed by atoms with E-state index in [1.165, 1.54) is 5.56 Å². The number of anilines is 1. The molecule has 2 rings (SSSR count). The Labute approximate surface area is 118 Å². The van der Waals surface area contributed by atoms with Crippen LogP contribution < -0.4 is 16.2 Å². The summed E-state index contributed by atoms with van der Waals surface area (Å²) in [7, 11) is 0. The van der Waals surface area contributed by atoms with Crippen LogP contribution in [-0.4, -0.2) is 5.91 Å². The van der Waals surface area contributed by atoms with Crippen LogP contribution in [0.3, 0.4) is 0 Å². The Morgan fingerprint density at radius 2 is 1.75 bits per heavy atom. The SMILES string of the molecule is CCc1ccc(COc2cc(N)ccc2C(N)=O)cc1. The first-order chi connectivity index (χ1) is 9.60. The molecule has 20 heavy (non-hydrogen) atoms. The maximum Gasteiger partial charge on any atom is 0.252 e. The largest absolute Gasteiger partial charge is 0.488 e. The van der Waals surface area contributed by atoms with Gasteiger partial charge in [0.25, 0.3) is 5.91 Å². The minimum absolute atomic E-state index is 0.337. The Morgan fingerprint density at radius 1 is 1.10 bits per heavy atom. The zero-order chi connectivity index (χ0) is 14.5. The lowest BCUT2D eigenvalue weighted by atomic mass is 10.1. The molecule has 0 heterocycles. The topological polar surface area (TPSA) is 78.3 Å². The molecule has 0 spiro atoms. The van der Waals surface area contributed by atoms with Crippen LogP contribution in [-0.2, 0) is 13.0 Å². The molecular formula is C16H18N2O2. The molecule has 0 atom stereocenters. The molecule has 1 amide bonds. The number of primary amides is 1. The van der Waals surface area contributed by atoms with Gasteiger partial charge in [0.1, 0.15) is 12.4 Å². The first kappa shape index (κ1) is 13.9. The molecule has 0 fully saturated rings. The average Bonchev–Trinajstić information content (AvgIpc) is 2.45. The standard InChI is InChI=1S/C16H18N2O2/c1-2-11-3-5-12(6-4-11)10-20-15-9-13(17)7-8-14(15)16(18)19/h3-9H,2,10,17H2,1H3,(H2,18,19). The van der Waals surface area contributed by atoms with E-state index >= 15 is 0 Å². The Kier molecular flexibility index (Phi) is 4.25. The van der Waals surface area contributed by atoms with Gasteiger partial charge in [-0.3, -0.25) is 4.79 Å². The number of ether oxygens (including phenoxy) is 1. The minimum Gasteiger partial charge on any atom is -0.488 e. The molecule has 104 valence electrons. The van der Waals surface area contributed by atoms with Crippen LogP contribution >= 0.6 is 0 Å². The Hall–Kier alpha value is -2.49. The van der Waals surface area contributed by atoms with E-state index in [0.29, 0.717) is 23.6 Å². The fourth-order valence-electron chi connectivity index (χ4n) is 1.89. The first-order valence-corrected chi connectivity index (χ1v) is 6.50. The highest BCUT2D eigenvalue weighted by molar-refractivity contribution is 5.96. The second-order valence-corrected chi connectivity index (χ2v) is 4.58. The smallest absolute Gasteiger partial charge is 0.252 e. The van der Waals surface area contributed by atoms with Crippen molar-refractivity contribution in [2.24, 2.45) is 5.73 Å². The Bertz CT molecular complexity index is 606. The maximum absolute atomic E-state index is 11.3. The molecule has 0 aliphatic heterocycles. The molecular weight excluding hydrogens is 252 g/mol. The molecule has 0 unspecified atom stereocenters. The van der Waals surface area contributed by atoms with Gasteiger partial charge >= 0.3 is 0 Å². The third kappa shape index (κ3) is 3.29. The number of aryl methyl sites for hydroxylation is 1. The van der Waals surface area contributed by atoms with Crippen LogP contribution in [0.5, 0.6) is 5.75 Å². The summed E-state index contributed by atoms with van der Waals surface area (Å²) >= 11 is 0. The van der Waals surface area contributed by atoms with Crippen LogP contribution in [0.1, 0.15) is 28.4 Å². The number of hydrogen-bond donors (Lipinski definition) is 2. The molecule has 2 aromatic carbocycles. The molecule has 4 heteroatoms. The first-order valence-electron chi connectivity index (χ1n) is 6.50. The molecule has 2 aromatic rings. The fraction of sp³-hybridized carbons (Fsp3) is 0.188. The van der Waals surface area contributed by atoms with Crippen LogP contribution in [0.2, 0.25) is 0 Å². The van der Waals surface area contributed by atoms with E-state index in [2.05, 4.69) is 19.1 Å². The van der Waals surface area contributed by atoms with E-state index in [1.54, 1.807) is 18.2 Å². The summed E-state index contributed by atoms with van der Waals surface area (Å²) in [4.78, 5) is 11.3. The zero-order valence-electron chi connectivity index (χ0n) is 11.4. The number of amides is 1. The normalized spacial score (nSPS) is 10.2. The molecule has 0 bridgehead atoms. The van der Waals surface area contributed by atoms with Gasteiger partial charge in [0, 0.05) is 11.8 Å². The number of nitrogen functional groups attached to an aromatic ring is 1. The van der Waals surface area contributed by atoms with Gasteiger partial charge in [-0.05, 0) is 29.7 Å². The number of carbonyl (C=O) groups is 1. The Balaban J connectivity index is 2.13. The highest BCUT2D eigenvalue weighted by Gasteiger charge is 2.09. The van der Waals surface area contributed by atoms with Crippen molar-refractivity contribution in [1.29, 1.82) is 0 Å². The fourth-order valence-corrected chi connectivity index (χ4v) is 1.89. The summed E-state index contributed by atoms with van der Waals surface area (Å²) in [6.07, 6.45) is 1.00. The number of benzene rings is 2. The van der Waals surface area contributed by atoms with E-state index in [9.17, 15) is 4.79 Å². The van der Waals surface area contributed by atoms with Crippen molar-refractivity contribution in [2.45, 2.75) is 20.0 Å². The summed E-state index contributed by atoms with van der Waals surface area (Å²) in [6.45, 7) is 2.48. The van der Waals surface area contributed by atoms with Crippen molar-refractivity contribution in [3.63, 3.8) is 0 Å². The lowest BCUT2D eigenvalue weighted by Gasteiger charge is -2.10. The molecule has 0 aromatic heterocycles. The lowest BCUT2D eigenvalue weighted by molar-refractivity contribution is 0.0996. The summed E-state index contributed by atoms with van der Waals surface area (Å²) in [5.41, 5.74) is 14.2. The monoisotopic (exact) mass is 270 g/mol. The van der Waals surface area contributed by atoms with Gasteiger partial charge in [0.15, 0.2) is 0 Å². The lowest BCUT2D eigenvalue weighted by Crippen LogP contribution is -2.13. The van der Waals surface area contributed by atoms with Crippen LogP contribution in [0, 0.1) is 0 Å². The third-order valence-electron chi connectivity index (χ3n) is 3.10. The van der Waals surface area contributed by atoms with Gasteiger partial charge in [-0.1, -0.05) is 31.2 Å². The zero-order valence-corrected chi connectivity index (χ0v) is 11.4. The average molecular weight is 270 g/mol. The van der Waals surface area contributed by atoms with Crippen molar-refractivity contribution >= 4 is 11.6 Å². The predicted molar refractivity (Wildman–Crippen MR) is 79.5 cm³/mol. The van der Waals surface area contributed by atoms with E-state index in [4.69, 9.17) is 16.2 Å². The third-order valence-corrected chi connectivity index (χ3v) is 3.10. The molecule has 0 aliphatic rings. The van der Waals surface area contributed by atoms with Crippen molar-refractivity contribution < 1.29 is 9.53 Å². The van der Waals surface area contributed by atoms with Crippen molar-refractivity contribution in [3.8, 4) is 5.75 Å². The number of rotatable bonds is 5. The highest BCUT2D eigenvalue weighted by atomic mass is 16.5. The second kappa shape index (κ2) is 6.10. The van der Waals surface area contributed by atoms with Crippen LogP contribution in [0.25, 0.3) is 0 Å². The van der Waals surface area contributed by atoms with Crippen LogP contribution in [0.4, 0.5) is 5.69 Å². The summed E-state index contributed by atoms with van der Waals surface area (Å²) < 4.78 is 5.66. The van der Waals surface area contributed by atoms with Crippen molar-refractivity contribution in [3.05, 3.63) is 59.2 Å². The van der Waals surface area contributed by atoms with Gasteiger partial charge in [0.05, 0.1) is 5.56 Å². The second-order valence-electron chi connectivity index (χ2n) is 4.58. The van der Waals surface area contributed by atoms with E-state index in [0.717, 1.165) is 12.0 Å². The van der Waals surface area contributed by atoms with Gasteiger partial charge in [-0.15, -0.1) is 0 Å². The number of nitrogens with two attached hydrogens (primary N) is 2. The molecule has 4 N–H and O–H groups in total. The van der Waals surface area contributed by atoms with Gasteiger partial charge in [0.2, 0.25) is 0 Å². The van der Waals surface area contributed by atoms with Gasteiger partial charge < -0.3 is 16.2 Å². The van der Waals surface area contributed by atoms with E-state index < -0.39 is 5.91 Å². The maximum atomic E-state index is 11.3. The predicted octanol–water partition coefficient (Wildman–Crippen LogP) is 2.51. The van der Waals surface area contributed by atoms with E-state index in [-0.39, 0.29) is 0 Å². The van der Waals surface area contributed by atoms with E-state index in [1.807, 2.05) is 12.1 Å². The highest BCUT2D eigenvalue weighted by Crippen LogP contribution is 2.22. The Morgan fingerprint density at radius 3 is 2.35 bits per heavy atom. The molecule has 4 nitrogen and oxygen atoms in total. The summed E-state index contributed by atoms with van der Waals surface area (Å²) in [6, 6.07) is 13.0. The number of hydrogen-bond acceptors (Lipinski definition) is 3. The van der Waals surface area contributed by atoms with Crippen molar-refractivity contribution in [2.75, 3.05) is 5.73 Å². The molecule has 0 aliphatic carbocycles. The van der Waals surface area contributed by atoms with Crippen LogP contribution in [0.15, 0.2) is 42.5 Å².